The number of hydrogen-bond acceptors (Lipinski definition) is 1. The lowest BCUT2D eigenvalue weighted by Gasteiger charge is -2.17. The van der Waals surface area contributed by atoms with Gasteiger partial charge in [-0.1, -0.05) is 37.3 Å². The van der Waals surface area contributed by atoms with E-state index in [-0.39, 0.29) is 11.7 Å². The molecule has 0 saturated heterocycles. The Kier molecular flexibility index (Phi) is 4.12. The summed E-state index contributed by atoms with van der Waals surface area (Å²) in [7, 11) is 0. The van der Waals surface area contributed by atoms with Gasteiger partial charge in [0.1, 0.15) is 0 Å². The molecule has 1 unspecified atom stereocenters. The zero-order valence-corrected chi connectivity index (χ0v) is 11.1. The van der Waals surface area contributed by atoms with E-state index in [9.17, 15) is 18.0 Å². The maximum atomic E-state index is 12.5. The summed E-state index contributed by atoms with van der Waals surface area (Å²) in [6, 6.07) is 5.19. The Morgan fingerprint density at radius 1 is 1.25 bits per heavy atom. The highest BCUT2D eigenvalue weighted by molar-refractivity contribution is 5.97. The topological polar surface area (TPSA) is 17.1 Å². The molecule has 2 rings (SSSR count). The Bertz CT molecular complexity index is 550. The third-order valence-corrected chi connectivity index (χ3v) is 3.41. The SMILES string of the molecule is CCC(=O)C1=CCC(c2ccc(C(F)(F)F)cc2)C=C1. The van der Waals surface area contributed by atoms with Crippen molar-refractivity contribution < 1.29 is 18.0 Å². The van der Waals surface area contributed by atoms with Crippen LogP contribution in [0.5, 0.6) is 0 Å². The van der Waals surface area contributed by atoms with Gasteiger partial charge < -0.3 is 0 Å². The lowest BCUT2D eigenvalue weighted by Crippen LogP contribution is -2.07. The average molecular weight is 280 g/mol. The molecule has 0 amide bonds. The number of benzene rings is 1. The monoisotopic (exact) mass is 280 g/mol. The van der Waals surface area contributed by atoms with Gasteiger partial charge in [-0.3, -0.25) is 4.79 Å². The molecule has 1 atom stereocenters. The minimum atomic E-state index is -4.30. The second-order valence-electron chi connectivity index (χ2n) is 4.76. The lowest BCUT2D eigenvalue weighted by atomic mass is 9.88. The molecule has 0 aromatic heterocycles. The van der Waals surface area contributed by atoms with Crippen LogP contribution in [0, 0.1) is 0 Å². The summed E-state index contributed by atoms with van der Waals surface area (Å²) in [5, 5.41) is 0. The molecule has 0 spiro atoms. The normalized spacial score (nSPS) is 18.8. The summed E-state index contributed by atoms with van der Waals surface area (Å²) >= 11 is 0. The summed E-state index contributed by atoms with van der Waals surface area (Å²) in [5.74, 6) is 0.123. The fraction of sp³-hybridized carbons (Fsp3) is 0.312. The molecule has 1 aromatic carbocycles. The van der Waals surface area contributed by atoms with Crippen molar-refractivity contribution in [2.75, 3.05) is 0 Å². The van der Waals surface area contributed by atoms with Crippen LogP contribution in [0.2, 0.25) is 0 Å². The van der Waals surface area contributed by atoms with E-state index in [1.807, 2.05) is 12.2 Å². The lowest BCUT2D eigenvalue weighted by molar-refractivity contribution is -0.137. The van der Waals surface area contributed by atoms with Crippen molar-refractivity contribution in [3.05, 3.63) is 59.2 Å². The molecule has 1 aliphatic carbocycles. The molecule has 0 N–H and O–H groups in total. The number of carbonyl (C=O) groups excluding carboxylic acids is 1. The Labute approximate surface area is 115 Å². The predicted molar refractivity (Wildman–Crippen MR) is 71.3 cm³/mol. The highest BCUT2D eigenvalue weighted by atomic mass is 19.4. The van der Waals surface area contributed by atoms with E-state index in [0.29, 0.717) is 18.4 Å². The predicted octanol–water partition coefficient (Wildman–Crippen LogP) is 4.65. The molecule has 1 aliphatic rings. The molecule has 0 radical (unpaired) electrons. The first-order valence-electron chi connectivity index (χ1n) is 6.50. The molecular weight excluding hydrogens is 265 g/mol. The van der Waals surface area contributed by atoms with Gasteiger partial charge in [0.25, 0.3) is 0 Å². The minimum Gasteiger partial charge on any atom is -0.294 e. The molecule has 0 saturated carbocycles. The smallest absolute Gasteiger partial charge is 0.294 e. The molecule has 0 heterocycles. The summed E-state index contributed by atoms with van der Waals surface area (Å²) in [6.07, 6.45) is 2.29. The van der Waals surface area contributed by atoms with Crippen molar-refractivity contribution in [2.45, 2.75) is 31.9 Å². The molecule has 1 nitrogen and oxygen atoms in total. The molecule has 0 bridgehead atoms. The van der Waals surface area contributed by atoms with Gasteiger partial charge in [0.15, 0.2) is 5.78 Å². The van der Waals surface area contributed by atoms with E-state index >= 15 is 0 Å². The fourth-order valence-electron chi connectivity index (χ4n) is 2.20. The van der Waals surface area contributed by atoms with Crippen molar-refractivity contribution in [3.63, 3.8) is 0 Å². The van der Waals surface area contributed by atoms with Crippen molar-refractivity contribution in [1.82, 2.24) is 0 Å². The van der Waals surface area contributed by atoms with E-state index in [0.717, 1.165) is 17.7 Å². The van der Waals surface area contributed by atoms with Gasteiger partial charge >= 0.3 is 6.18 Å². The number of allylic oxidation sites excluding steroid dienone is 4. The minimum absolute atomic E-state index is 0.0330. The third-order valence-electron chi connectivity index (χ3n) is 3.41. The highest BCUT2D eigenvalue weighted by Crippen LogP contribution is 2.32. The zero-order chi connectivity index (χ0) is 14.8. The van der Waals surface area contributed by atoms with Crippen molar-refractivity contribution in [2.24, 2.45) is 0 Å². The first-order valence-corrected chi connectivity index (χ1v) is 6.50. The molecule has 0 aliphatic heterocycles. The van der Waals surface area contributed by atoms with E-state index < -0.39 is 11.7 Å². The van der Waals surface area contributed by atoms with E-state index in [2.05, 4.69) is 0 Å². The Morgan fingerprint density at radius 2 is 1.90 bits per heavy atom. The van der Waals surface area contributed by atoms with Gasteiger partial charge in [0.05, 0.1) is 5.56 Å². The average Bonchev–Trinajstić information content (AvgIpc) is 2.46. The van der Waals surface area contributed by atoms with Crippen LogP contribution in [0.25, 0.3) is 0 Å². The number of hydrogen-bond donors (Lipinski definition) is 0. The van der Waals surface area contributed by atoms with E-state index in [1.54, 1.807) is 13.0 Å². The molecule has 1 aromatic rings. The van der Waals surface area contributed by atoms with Crippen LogP contribution in [-0.2, 0) is 11.0 Å². The highest BCUT2D eigenvalue weighted by Gasteiger charge is 2.30. The zero-order valence-electron chi connectivity index (χ0n) is 11.1. The summed E-state index contributed by atoms with van der Waals surface area (Å²) in [6.45, 7) is 1.80. The van der Waals surface area contributed by atoms with E-state index in [1.165, 1.54) is 12.1 Å². The van der Waals surface area contributed by atoms with Crippen LogP contribution >= 0.6 is 0 Å². The molecular formula is C16H15F3O. The summed E-state index contributed by atoms with van der Waals surface area (Å²) in [5.41, 5.74) is 0.877. The number of carbonyl (C=O) groups is 1. The maximum absolute atomic E-state index is 12.5. The van der Waals surface area contributed by atoms with Crippen LogP contribution in [-0.4, -0.2) is 5.78 Å². The number of Topliss-reactive ketones (excluding diaryl/α,β-unsaturated/α-hetero) is 1. The fourth-order valence-corrected chi connectivity index (χ4v) is 2.20. The second-order valence-corrected chi connectivity index (χ2v) is 4.76. The standard InChI is InChI=1S/C16H15F3O/c1-2-15(20)13-5-3-11(4-6-13)12-7-9-14(10-8-12)16(17,18)19/h3,5-11H,2,4H2,1H3. The van der Waals surface area contributed by atoms with Crippen LogP contribution < -0.4 is 0 Å². The quantitative estimate of drug-likeness (QED) is 0.787. The Morgan fingerprint density at radius 3 is 2.35 bits per heavy atom. The van der Waals surface area contributed by atoms with Gasteiger partial charge in [-0.25, -0.2) is 0 Å². The third kappa shape index (κ3) is 3.18. The number of ketones is 1. The van der Waals surface area contributed by atoms with Crippen LogP contribution in [0.4, 0.5) is 13.2 Å². The van der Waals surface area contributed by atoms with Gasteiger partial charge in [-0.2, -0.15) is 13.2 Å². The molecule has 106 valence electrons. The van der Waals surface area contributed by atoms with Gasteiger partial charge in [-0.05, 0) is 24.1 Å². The van der Waals surface area contributed by atoms with Crippen LogP contribution in [0.1, 0.15) is 36.8 Å². The van der Waals surface area contributed by atoms with Crippen LogP contribution in [0.3, 0.4) is 0 Å². The number of halogens is 3. The van der Waals surface area contributed by atoms with Gasteiger partial charge in [0.2, 0.25) is 0 Å². The van der Waals surface area contributed by atoms with Crippen LogP contribution in [0.15, 0.2) is 48.1 Å². The Hall–Kier alpha value is -1.84. The van der Waals surface area contributed by atoms with Gasteiger partial charge in [-0.15, -0.1) is 0 Å². The first kappa shape index (κ1) is 14.6. The van der Waals surface area contributed by atoms with Crippen molar-refractivity contribution >= 4 is 5.78 Å². The summed E-state index contributed by atoms with van der Waals surface area (Å²) < 4.78 is 37.4. The second kappa shape index (κ2) is 5.65. The number of alkyl halides is 3. The van der Waals surface area contributed by atoms with Crippen molar-refractivity contribution in [1.29, 1.82) is 0 Å². The summed E-state index contributed by atoms with van der Waals surface area (Å²) in [4.78, 5) is 11.5. The first-order chi connectivity index (χ1) is 9.41. The largest absolute Gasteiger partial charge is 0.416 e. The van der Waals surface area contributed by atoms with E-state index in [4.69, 9.17) is 0 Å². The number of rotatable bonds is 3. The molecule has 20 heavy (non-hydrogen) atoms. The molecule has 0 fully saturated rings. The Balaban J connectivity index is 2.10. The van der Waals surface area contributed by atoms with Crippen molar-refractivity contribution in [3.8, 4) is 0 Å². The van der Waals surface area contributed by atoms with Gasteiger partial charge in [0, 0.05) is 17.9 Å². The maximum Gasteiger partial charge on any atom is 0.416 e. The molecule has 4 heteroatoms.